The summed E-state index contributed by atoms with van der Waals surface area (Å²) >= 11 is 0. The molecule has 0 aromatic heterocycles. The van der Waals surface area contributed by atoms with E-state index in [1.54, 1.807) is 6.08 Å². The van der Waals surface area contributed by atoms with Crippen LogP contribution < -0.4 is 0 Å². The van der Waals surface area contributed by atoms with E-state index in [1.165, 1.54) is 13.8 Å². The number of ether oxygens (including phenoxy) is 5. The maximum absolute atomic E-state index is 11.5. The average molecular weight is 374 g/mol. The molecule has 148 valence electrons. The number of carbonyl (C=O) groups excluding carboxylic acids is 3. The molecule has 0 radical (unpaired) electrons. The highest BCUT2D eigenvalue weighted by Crippen LogP contribution is 2.29. The quantitative estimate of drug-likeness (QED) is 0.266. The zero-order chi connectivity index (χ0) is 19.7. The van der Waals surface area contributed by atoms with E-state index in [1.807, 2.05) is 0 Å². The molecule has 1 rings (SSSR count). The lowest BCUT2D eigenvalue weighted by atomic mass is 9.98. The summed E-state index contributed by atoms with van der Waals surface area (Å²) in [5.74, 6) is -1.99. The molecular weight excluding hydrogens is 348 g/mol. The van der Waals surface area contributed by atoms with Gasteiger partial charge in [0.15, 0.2) is 24.6 Å². The van der Waals surface area contributed by atoms with Crippen LogP contribution in [0.5, 0.6) is 0 Å². The van der Waals surface area contributed by atoms with Gasteiger partial charge < -0.3 is 28.8 Å². The van der Waals surface area contributed by atoms with E-state index in [4.69, 9.17) is 23.7 Å². The number of hydrogen-bond donors (Lipinski definition) is 1. The first-order chi connectivity index (χ1) is 12.3. The SMILES string of the molecule is C=CCCCO[C@H]1O[C@H](CO)[C@@H](OC(C)=O)[C@H](OC(C)=O)[C@H]1OC(C)=O. The molecule has 1 saturated heterocycles. The lowest BCUT2D eigenvalue weighted by molar-refractivity contribution is -0.307. The van der Waals surface area contributed by atoms with Crippen molar-refractivity contribution >= 4 is 17.9 Å². The minimum absolute atomic E-state index is 0.262. The van der Waals surface area contributed by atoms with Crippen LogP contribution in [0.3, 0.4) is 0 Å². The standard InChI is InChI=1S/C17H26O9/c1-5-6-7-8-22-17-16(25-12(4)21)15(24-11(3)20)14(23-10(2)19)13(9-18)26-17/h5,13-18H,1,6-9H2,2-4H3/t13-,14-,15+,16-,17+/m1/s1. The van der Waals surface area contributed by atoms with Crippen LogP contribution in [0.1, 0.15) is 33.6 Å². The van der Waals surface area contributed by atoms with Gasteiger partial charge in [-0.25, -0.2) is 0 Å². The Hall–Kier alpha value is -1.97. The molecule has 1 fully saturated rings. The second-order valence-corrected chi connectivity index (χ2v) is 5.75. The van der Waals surface area contributed by atoms with E-state index < -0.39 is 55.2 Å². The van der Waals surface area contributed by atoms with Crippen molar-refractivity contribution in [1.29, 1.82) is 0 Å². The van der Waals surface area contributed by atoms with Crippen LogP contribution in [0.15, 0.2) is 12.7 Å². The van der Waals surface area contributed by atoms with Gasteiger partial charge >= 0.3 is 17.9 Å². The van der Waals surface area contributed by atoms with Crippen LogP contribution in [0.2, 0.25) is 0 Å². The van der Waals surface area contributed by atoms with Crippen molar-refractivity contribution in [2.75, 3.05) is 13.2 Å². The van der Waals surface area contributed by atoms with Gasteiger partial charge in [0, 0.05) is 20.8 Å². The number of unbranched alkanes of at least 4 members (excludes halogenated alkanes) is 1. The first-order valence-corrected chi connectivity index (χ1v) is 8.30. The molecule has 9 heteroatoms. The predicted molar refractivity (Wildman–Crippen MR) is 87.8 cm³/mol. The second kappa shape index (κ2) is 10.9. The highest BCUT2D eigenvalue weighted by atomic mass is 16.7. The molecule has 0 amide bonds. The Bertz CT molecular complexity index is 504. The van der Waals surface area contributed by atoms with Crippen molar-refractivity contribution in [2.45, 2.75) is 64.3 Å². The fraction of sp³-hybridized carbons (Fsp3) is 0.706. The Labute approximate surface area is 152 Å². The Kier molecular flexibility index (Phi) is 9.25. The maximum atomic E-state index is 11.5. The van der Waals surface area contributed by atoms with Gasteiger partial charge in [0.25, 0.3) is 0 Å². The Morgan fingerprint density at radius 1 is 1.00 bits per heavy atom. The van der Waals surface area contributed by atoms with Crippen molar-refractivity contribution in [3.63, 3.8) is 0 Å². The maximum Gasteiger partial charge on any atom is 0.303 e. The molecule has 26 heavy (non-hydrogen) atoms. The van der Waals surface area contributed by atoms with Gasteiger partial charge in [-0.15, -0.1) is 6.58 Å². The van der Waals surface area contributed by atoms with Gasteiger partial charge in [-0.05, 0) is 12.8 Å². The molecule has 1 aliphatic heterocycles. The second-order valence-electron chi connectivity index (χ2n) is 5.75. The smallest absolute Gasteiger partial charge is 0.303 e. The van der Waals surface area contributed by atoms with Gasteiger partial charge in [-0.2, -0.15) is 0 Å². The fourth-order valence-corrected chi connectivity index (χ4v) is 2.56. The Morgan fingerprint density at radius 2 is 1.54 bits per heavy atom. The lowest BCUT2D eigenvalue weighted by Crippen LogP contribution is -2.62. The van der Waals surface area contributed by atoms with Gasteiger partial charge in [0.05, 0.1) is 13.2 Å². The molecule has 1 aliphatic rings. The van der Waals surface area contributed by atoms with E-state index in [-0.39, 0.29) is 6.61 Å². The third-order valence-electron chi connectivity index (χ3n) is 3.51. The first-order valence-electron chi connectivity index (χ1n) is 8.30. The molecule has 0 aliphatic carbocycles. The molecule has 0 aromatic carbocycles. The number of esters is 3. The Balaban J connectivity index is 3.08. The van der Waals surface area contributed by atoms with Crippen molar-refractivity contribution in [1.82, 2.24) is 0 Å². The van der Waals surface area contributed by atoms with Crippen LogP contribution >= 0.6 is 0 Å². The van der Waals surface area contributed by atoms with Gasteiger partial charge in [-0.3, -0.25) is 14.4 Å². The van der Waals surface area contributed by atoms with E-state index in [9.17, 15) is 19.5 Å². The topological polar surface area (TPSA) is 118 Å². The number of carbonyl (C=O) groups is 3. The summed E-state index contributed by atoms with van der Waals surface area (Å²) in [4.78, 5) is 34.4. The normalized spacial score (nSPS) is 28.1. The van der Waals surface area contributed by atoms with Crippen molar-refractivity contribution in [2.24, 2.45) is 0 Å². The number of aliphatic hydroxyl groups excluding tert-OH is 1. The molecule has 0 unspecified atom stereocenters. The molecule has 0 aromatic rings. The fourth-order valence-electron chi connectivity index (χ4n) is 2.56. The molecule has 9 nitrogen and oxygen atoms in total. The van der Waals surface area contributed by atoms with Crippen molar-refractivity contribution < 1.29 is 43.2 Å². The van der Waals surface area contributed by atoms with Crippen LogP contribution in [0.4, 0.5) is 0 Å². The molecule has 5 atom stereocenters. The van der Waals surface area contributed by atoms with Gasteiger partial charge in [-0.1, -0.05) is 6.08 Å². The van der Waals surface area contributed by atoms with Gasteiger partial charge in [0.2, 0.25) is 0 Å². The zero-order valence-electron chi connectivity index (χ0n) is 15.2. The first kappa shape index (κ1) is 22.1. The van der Waals surface area contributed by atoms with E-state index in [0.29, 0.717) is 12.8 Å². The number of hydrogen-bond acceptors (Lipinski definition) is 9. The summed E-state index contributed by atoms with van der Waals surface area (Å²) in [6.07, 6.45) is -2.54. The zero-order valence-corrected chi connectivity index (χ0v) is 15.2. The summed E-state index contributed by atoms with van der Waals surface area (Å²) in [5, 5.41) is 9.59. The third kappa shape index (κ3) is 6.74. The van der Waals surface area contributed by atoms with Crippen LogP contribution in [-0.2, 0) is 38.1 Å². The van der Waals surface area contributed by atoms with E-state index >= 15 is 0 Å². The largest absolute Gasteiger partial charge is 0.456 e. The minimum atomic E-state index is -1.18. The highest BCUT2D eigenvalue weighted by Gasteiger charge is 2.52. The monoisotopic (exact) mass is 374 g/mol. The van der Waals surface area contributed by atoms with Gasteiger partial charge in [0.1, 0.15) is 6.10 Å². The minimum Gasteiger partial charge on any atom is -0.456 e. The van der Waals surface area contributed by atoms with Crippen LogP contribution in [-0.4, -0.2) is 66.9 Å². The summed E-state index contributed by atoms with van der Waals surface area (Å²) in [6, 6.07) is 0. The highest BCUT2D eigenvalue weighted by molar-refractivity contribution is 5.68. The predicted octanol–water partition coefficient (Wildman–Crippen LogP) is 0.481. The average Bonchev–Trinajstić information content (AvgIpc) is 2.54. The summed E-state index contributed by atoms with van der Waals surface area (Å²) in [5.41, 5.74) is 0. The molecule has 0 bridgehead atoms. The van der Waals surface area contributed by atoms with E-state index in [0.717, 1.165) is 6.92 Å². The third-order valence-corrected chi connectivity index (χ3v) is 3.51. The summed E-state index contributed by atoms with van der Waals surface area (Å²) in [7, 11) is 0. The number of allylic oxidation sites excluding steroid dienone is 1. The molecule has 1 heterocycles. The summed E-state index contributed by atoms with van der Waals surface area (Å²) in [6.45, 7) is 6.86. The van der Waals surface area contributed by atoms with Crippen molar-refractivity contribution in [3.05, 3.63) is 12.7 Å². The van der Waals surface area contributed by atoms with E-state index in [2.05, 4.69) is 6.58 Å². The lowest BCUT2D eigenvalue weighted by Gasteiger charge is -2.43. The molecule has 0 spiro atoms. The van der Waals surface area contributed by atoms with Crippen LogP contribution in [0.25, 0.3) is 0 Å². The number of rotatable bonds is 9. The molecular formula is C17H26O9. The molecule has 0 saturated carbocycles. The molecule has 1 N–H and O–H groups in total. The Morgan fingerprint density at radius 3 is 2.04 bits per heavy atom. The van der Waals surface area contributed by atoms with Crippen molar-refractivity contribution in [3.8, 4) is 0 Å². The number of aliphatic hydroxyl groups is 1. The van der Waals surface area contributed by atoms with Crippen LogP contribution in [0, 0.1) is 0 Å². The summed E-state index contributed by atoms with van der Waals surface area (Å²) < 4.78 is 26.8.